The molecule has 0 aliphatic rings. The largest absolute Gasteiger partial charge is 0.321 e. The first-order valence-electron chi connectivity index (χ1n) is 9.53. The molecule has 3 rings (SSSR count). The van der Waals surface area contributed by atoms with Crippen molar-refractivity contribution in [1.29, 1.82) is 5.26 Å². The highest BCUT2D eigenvalue weighted by molar-refractivity contribution is 7.99. The average molecular weight is 446 g/mol. The number of nitro groups is 1. The van der Waals surface area contributed by atoms with Crippen LogP contribution < -0.4 is 5.32 Å². The molecule has 0 fully saturated rings. The summed E-state index contributed by atoms with van der Waals surface area (Å²) in [7, 11) is 0. The maximum atomic E-state index is 12.7. The zero-order chi connectivity index (χ0) is 23.3. The van der Waals surface area contributed by atoms with Crippen LogP contribution in [0.4, 0.5) is 11.4 Å². The molecule has 0 saturated heterocycles. The minimum absolute atomic E-state index is 0.162. The molecule has 0 saturated carbocycles. The maximum Gasteiger partial charge on any atom is 0.283 e. The fraction of sp³-hybridized carbons (Fsp3) is 0.130. The average Bonchev–Trinajstić information content (AvgIpc) is 2.75. The van der Waals surface area contributed by atoms with Gasteiger partial charge in [0.25, 0.3) is 11.6 Å². The van der Waals surface area contributed by atoms with Crippen LogP contribution in [-0.2, 0) is 4.79 Å². The summed E-state index contributed by atoms with van der Waals surface area (Å²) in [6, 6.07) is 11.9. The molecule has 1 heterocycles. The predicted molar refractivity (Wildman–Crippen MR) is 122 cm³/mol. The molecule has 9 heteroatoms. The summed E-state index contributed by atoms with van der Waals surface area (Å²) >= 11 is 1.06. The number of nitro benzene ring substituents is 1. The van der Waals surface area contributed by atoms with Gasteiger partial charge in [0.15, 0.2) is 5.16 Å². The number of amides is 1. The van der Waals surface area contributed by atoms with Crippen molar-refractivity contribution in [2.75, 3.05) is 5.32 Å². The van der Waals surface area contributed by atoms with Crippen LogP contribution in [-0.4, -0.2) is 20.8 Å². The van der Waals surface area contributed by atoms with Gasteiger partial charge in [0.1, 0.15) is 11.6 Å². The van der Waals surface area contributed by atoms with Crippen LogP contribution in [0.15, 0.2) is 64.4 Å². The van der Waals surface area contributed by atoms with E-state index in [1.54, 1.807) is 30.6 Å². The van der Waals surface area contributed by atoms with Gasteiger partial charge in [-0.2, -0.15) is 5.26 Å². The summed E-state index contributed by atoms with van der Waals surface area (Å²) in [5, 5.41) is 24.2. The lowest BCUT2D eigenvalue weighted by atomic mass is 10.0. The van der Waals surface area contributed by atoms with E-state index >= 15 is 0 Å². The number of nitrogens with one attached hydrogen (secondary N) is 1. The number of carbonyl (C=O) groups is 1. The van der Waals surface area contributed by atoms with Crippen molar-refractivity contribution in [1.82, 2.24) is 9.97 Å². The Hall–Kier alpha value is -4.03. The number of anilines is 1. The first kappa shape index (κ1) is 22.7. The van der Waals surface area contributed by atoms with Gasteiger partial charge in [0.2, 0.25) is 0 Å². The van der Waals surface area contributed by atoms with E-state index < -0.39 is 10.8 Å². The highest BCUT2D eigenvalue weighted by Crippen LogP contribution is 2.34. The lowest BCUT2D eigenvalue weighted by molar-refractivity contribution is -0.387. The molecule has 0 radical (unpaired) electrons. The van der Waals surface area contributed by atoms with Gasteiger partial charge in [-0.25, -0.2) is 9.97 Å². The number of rotatable bonds is 6. The SMILES string of the molecule is Cc1cc(C)c(NC(=O)C(C#N)=Cc2ccc(Sc3ncccn3)c([N+](=O)[O-])c2)c(C)c1. The Morgan fingerprint density at radius 2 is 1.81 bits per heavy atom. The molecule has 0 bridgehead atoms. The van der Waals surface area contributed by atoms with Crippen molar-refractivity contribution in [3.05, 3.63) is 86.7 Å². The van der Waals surface area contributed by atoms with Gasteiger partial charge in [-0.05, 0) is 67.4 Å². The van der Waals surface area contributed by atoms with E-state index in [9.17, 15) is 20.2 Å². The Balaban J connectivity index is 1.90. The minimum Gasteiger partial charge on any atom is -0.321 e. The molecular formula is C23H19N5O3S. The highest BCUT2D eigenvalue weighted by atomic mass is 32.2. The van der Waals surface area contributed by atoms with E-state index in [1.807, 2.05) is 39.0 Å². The van der Waals surface area contributed by atoms with E-state index in [-0.39, 0.29) is 11.3 Å². The minimum atomic E-state index is -0.582. The number of carbonyl (C=O) groups excluding carboxylic acids is 1. The Morgan fingerprint density at radius 3 is 2.41 bits per heavy atom. The molecule has 2 aromatic carbocycles. The monoisotopic (exact) mass is 445 g/mol. The number of benzene rings is 2. The number of aromatic nitrogens is 2. The number of nitriles is 1. The molecule has 32 heavy (non-hydrogen) atoms. The van der Waals surface area contributed by atoms with E-state index in [1.165, 1.54) is 12.1 Å². The summed E-state index contributed by atoms with van der Waals surface area (Å²) in [6.45, 7) is 5.72. The summed E-state index contributed by atoms with van der Waals surface area (Å²) < 4.78 is 0. The Labute approximate surface area is 189 Å². The lowest BCUT2D eigenvalue weighted by Crippen LogP contribution is -2.15. The quantitative estimate of drug-likeness (QED) is 0.186. The van der Waals surface area contributed by atoms with Crippen molar-refractivity contribution >= 4 is 35.1 Å². The summed E-state index contributed by atoms with van der Waals surface area (Å²) in [6.07, 6.45) is 4.43. The van der Waals surface area contributed by atoms with Crippen LogP contribution in [0, 0.1) is 42.2 Å². The molecule has 0 unspecified atom stereocenters. The number of nitrogens with zero attached hydrogens (tertiary/aromatic N) is 4. The van der Waals surface area contributed by atoms with Crippen LogP contribution in [0.2, 0.25) is 0 Å². The van der Waals surface area contributed by atoms with Crippen molar-refractivity contribution in [3.8, 4) is 6.07 Å². The van der Waals surface area contributed by atoms with E-state index in [0.29, 0.717) is 21.3 Å². The first-order chi connectivity index (χ1) is 15.3. The fourth-order valence-corrected chi connectivity index (χ4v) is 3.96. The molecule has 0 atom stereocenters. The second-order valence-electron chi connectivity index (χ2n) is 7.02. The smallest absolute Gasteiger partial charge is 0.283 e. The van der Waals surface area contributed by atoms with Crippen LogP contribution in [0.25, 0.3) is 6.08 Å². The van der Waals surface area contributed by atoms with Gasteiger partial charge in [0, 0.05) is 24.1 Å². The molecule has 0 spiro atoms. The molecule has 1 N–H and O–H groups in total. The number of aryl methyl sites for hydroxylation is 3. The van der Waals surface area contributed by atoms with Crippen molar-refractivity contribution in [3.63, 3.8) is 0 Å². The van der Waals surface area contributed by atoms with Crippen molar-refractivity contribution in [2.24, 2.45) is 0 Å². The van der Waals surface area contributed by atoms with E-state index in [4.69, 9.17) is 0 Å². The molecule has 0 aliphatic carbocycles. The zero-order valence-electron chi connectivity index (χ0n) is 17.6. The second kappa shape index (κ2) is 9.85. The topological polar surface area (TPSA) is 122 Å². The van der Waals surface area contributed by atoms with Gasteiger partial charge in [-0.15, -0.1) is 0 Å². The van der Waals surface area contributed by atoms with Gasteiger partial charge in [-0.3, -0.25) is 14.9 Å². The standard InChI is InChI=1S/C23H19N5O3S/c1-14-9-15(2)21(16(3)10-14)27-22(29)18(13-24)11-17-5-6-20(19(12-17)28(30)31)32-23-25-7-4-8-26-23/h4-12H,1-3H3,(H,27,29). The maximum absolute atomic E-state index is 12.7. The highest BCUT2D eigenvalue weighted by Gasteiger charge is 2.18. The third-order valence-corrected chi connectivity index (χ3v) is 5.47. The van der Waals surface area contributed by atoms with E-state index in [2.05, 4.69) is 15.3 Å². The molecule has 0 aliphatic heterocycles. The summed E-state index contributed by atoms with van der Waals surface area (Å²) in [4.78, 5) is 32.3. The molecule has 160 valence electrons. The number of hydrogen-bond acceptors (Lipinski definition) is 7. The van der Waals surface area contributed by atoms with Gasteiger partial charge in [-0.1, -0.05) is 23.8 Å². The van der Waals surface area contributed by atoms with Crippen LogP contribution in [0.3, 0.4) is 0 Å². The molecule has 8 nitrogen and oxygen atoms in total. The van der Waals surface area contributed by atoms with Crippen molar-refractivity contribution in [2.45, 2.75) is 30.8 Å². The second-order valence-corrected chi connectivity index (χ2v) is 8.02. The van der Waals surface area contributed by atoms with E-state index in [0.717, 1.165) is 28.5 Å². The zero-order valence-corrected chi connectivity index (χ0v) is 18.4. The normalized spacial score (nSPS) is 11.0. The fourth-order valence-electron chi connectivity index (χ4n) is 3.16. The predicted octanol–water partition coefficient (Wildman–Crippen LogP) is 5.01. The third-order valence-electron chi connectivity index (χ3n) is 4.51. The molecule has 1 aromatic heterocycles. The van der Waals surface area contributed by atoms with Gasteiger partial charge in [0.05, 0.1) is 9.82 Å². The Kier molecular flexibility index (Phi) is 6.97. The van der Waals surface area contributed by atoms with Crippen LogP contribution in [0.1, 0.15) is 22.3 Å². The van der Waals surface area contributed by atoms with Gasteiger partial charge >= 0.3 is 0 Å². The molecule has 3 aromatic rings. The lowest BCUT2D eigenvalue weighted by Gasteiger charge is -2.12. The molecule has 1 amide bonds. The van der Waals surface area contributed by atoms with Crippen molar-refractivity contribution < 1.29 is 9.72 Å². The Morgan fingerprint density at radius 1 is 1.16 bits per heavy atom. The third kappa shape index (κ3) is 5.36. The van der Waals surface area contributed by atoms with Gasteiger partial charge < -0.3 is 5.32 Å². The molecular weight excluding hydrogens is 426 g/mol. The summed E-state index contributed by atoms with van der Waals surface area (Å²) in [5.41, 5.74) is 3.51. The first-order valence-corrected chi connectivity index (χ1v) is 10.3. The van der Waals surface area contributed by atoms with Crippen LogP contribution in [0.5, 0.6) is 0 Å². The number of hydrogen-bond donors (Lipinski definition) is 1. The Bertz CT molecular complexity index is 1240. The summed E-state index contributed by atoms with van der Waals surface area (Å²) in [5.74, 6) is -0.582. The van der Waals surface area contributed by atoms with Crippen LogP contribution >= 0.6 is 11.8 Å².